The van der Waals surface area contributed by atoms with Crippen LogP contribution in [0.15, 0.2) is 73.1 Å². The highest BCUT2D eigenvalue weighted by atomic mass is 32.2. The Morgan fingerprint density at radius 3 is 2.66 bits per heavy atom. The van der Waals surface area contributed by atoms with E-state index in [9.17, 15) is 4.79 Å². The first-order valence-corrected chi connectivity index (χ1v) is 10.6. The molecule has 2 heterocycles. The molecule has 2 aromatic carbocycles. The quantitative estimate of drug-likeness (QED) is 0.643. The highest BCUT2D eigenvalue weighted by Crippen LogP contribution is 2.34. The summed E-state index contributed by atoms with van der Waals surface area (Å²) >= 11 is 1.66. The Labute approximate surface area is 174 Å². The molecule has 0 spiro atoms. The van der Waals surface area contributed by atoms with Gasteiger partial charge in [0.25, 0.3) is 0 Å². The largest absolute Gasteiger partial charge is 0.457 e. The van der Waals surface area contributed by atoms with Crippen molar-refractivity contribution in [2.45, 2.75) is 17.7 Å². The van der Waals surface area contributed by atoms with Gasteiger partial charge in [0.15, 0.2) is 0 Å². The van der Waals surface area contributed by atoms with Crippen LogP contribution >= 0.6 is 11.8 Å². The molecule has 4 rings (SSSR count). The number of amides is 1. The monoisotopic (exact) mass is 406 g/mol. The summed E-state index contributed by atoms with van der Waals surface area (Å²) in [7, 11) is 0. The molecule has 2 atom stereocenters. The van der Waals surface area contributed by atoms with Gasteiger partial charge < -0.3 is 15.4 Å². The lowest BCUT2D eigenvalue weighted by Crippen LogP contribution is -2.40. The van der Waals surface area contributed by atoms with E-state index in [0.29, 0.717) is 12.5 Å². The van der Waals surface area contributed by atoms with Crippen molar-refractivity contribution in [1.82, 2.24) is 15.3 Å². The van der Waals surface area contributed by atoms with Crippen LogP contribution in [0.2, 0.25) is 0 Å². The molecule has 1 fully saturated rings. The Bertz CT molecular complexity index is 940. The van der Waals surface area contributed by atoms with Gasteiger partial charge >= 0.3 is 0 Å². The number of carbonyl (C=O) groups is 1. The van der Waals surface area contributed by atoms with E-state index in [1.165, 1.54) is 0 Å². The topological polar surface area (TPSA) is 76.1 Å². The predicted molar refractivity (Wildman–Crippen MR) is 115 cm³/mol. The highest BCUT2D eigenvalue weighted by Gasteiger charge is 2.27. The average molecular weight is 407 g/mol. The molecular weight excluding hydrogens is 384 g/mol. The first-order chi connectivity index (χ1) is 14.3. The van der Waals surface area contributed by atoms with E-state index < -0.39 is 0 Å². The van der Waals surface area contributed by atoms with E-state index in [1.807, 2.05) is 54.6 Å². The fraction of sp³-hybridized carbons (Fsp3) is 0.227. The third-order valence-electron chi connectivity index (χ3n) is 4.55. The third kappa shape index (κ3) is 5.26. The average Bonchev–Trinajstić information content (AvgIpc) is 2.95. The molecule has 1 saturated heterocycles. The van der Waals surface area contributed by atoms with Crippen molar-refractivity contribution in [3.63, 3.8) is 0 Å². The molecule has 1 amide bonds. The lowest BCUT2D eigenvalue weighted by molar-refractivity contribution is -0.121. The SMILES string of the molecule is O=C1N[C@H](CNc2ncccn2)CCS[C@@H]1c1cccc(Oc2ccccc2)c1. The molecule has 3 aromatic rings. The van der Waals surface area contributed by atoms with Crippen LogP contribution in [-0.4, -0.2) is 34.2 Å². The van der Waals surface area contributed by atoms with Gasteiger partial charge in [-0.25, -0.2) is 9.97 Å². The molecule has 0 radical (unpaired) electrons. The number of benzene rings is 2. The molecule has 0 saturated carbocycles. The van der Waals surface area contributed by atoms with Crippen LogP contribution in [0.5, 0.6) is 11.5 Å². The van der Waals surface area contributed by atoms with E-state index in [1.54, 1.807) is 30.2 Å². The minimum Gasteiger partial charge on any atom is -0.457 e. The number of anilines is 1. The number of ether oxygens (including phenoxy) is 1. The van der Waals surface area contributed by atoms with Crippen LogP contribution in [0.1, 0.15) is 17.2 Å². The van der Waals surface area contributed by atoms with Crippen LogP contribution in [0.3, 0.4) is 0 Å². The Hall–Kier alpha value is -3.06. The van der Waals surface area contributed by atoms with Crippen molar-refractivity contribution in [1.29, 1.82) is 0 Å². The summed E-state index contributed by atoms with van der Waals surface area (Å²) in [6, 6.07) is 19.2. The standard InChI is InChI=1S/C22H22N4O2S/c27-21-20(16-6-4-9-19(14-16)28-18-7-2-1-3-8-18)29-13-10-17(26-21)15-25-22-23-11-5-12-24-22/h1-9,11-12,14,17,20H,10,13,15H2,(H,26,27)(H,23,24,25)/t17-,20+/m0/s1. The fourth-order valence-corrected chi connectivity index (χ4v) is 4.34. The molecule has 1 aliphatic rings. The first kappa shape index (κ1) is 19.3. The molecule has 29 heavy (non-hydrogen) atoms. The second kappa shape index (κ2) is 9.43. The second-order valence-electron chi connectivity index (χ2n) is 6.69. The zero-order valence-corrected chi connectivity index (χ0v) is 16.6. The molecule has 148 valence electrons. The minimum absolute atomic E-state index is 0.0186. The predicted octanol–water partition coefficient (Wildman–Crippen LogP) is 4.04. The van der Waals surface area contributed by atoms with Crippen LogP contribution in [-0.2, 0) is 4.79 Å². The maximum absolute atomic E-state index is 12.9. The third-order valence-corrected chi connectivity index (χ3v) is 5.84. The van der Waals surface area contributed by atoms with Crippen molar-refractivity contribution in [3.05, 3.63) is 78.6 Å². The molecular formula is C22H22N4O2S. The van der Waals surface area contributed by atoms with Gasteiger partial charge in [-0.05, 0) is 48.1 Å². The van der Waals surface area contributed by atoms with Crippen LogP contribution in [0.25, 0.3) is 0 Å². The van der Waals surface area contributed by atoms with Crippen molar-refractivity contribution in [3.8, 4) is 11.5 Å². The number of nitrogens with one attached hydrogen (secondary N) is 2. The van der Waals surface area contributed by atoms with Gasteiger partial charge in [-0.3, -0.25) is 4.79 Å². The second-order valence-corrected chi connectivity index (χ2v) is 7.90. The number of aromatic nitrogens is 2. The summed E-state index contributed by atoms with van der Waals surface area (Å²) in [5.74, 6) is 2.98. The fourth-order valence-electron chi connectivity index (χ4n) is 3.12. The zero-order chi connectivity index (χ0) is 19.9. The van der Waals surface area contributed by atoms with Gasteiger partial charge in [0.1, 0.15) is 16.7 Å². The molecule has 2 N–H and O–H groups in total. The number of thioether (sulfide) groups is 1. The normalized spacial score (nSPS) is 19.1. The van der Waals surface area contributed by atoms with Gasteiger partial charge in [-0.1, -0.05) is 30.3 Å². The van der Waals surface area contributed by atoms with Crippen molar-refractivity contribution in [2.75, 3.05) is 17.6 Å². The highest BCUT2D eigenvalue weighted by molar-refractivity contribution is 8.00. The number of rotatable bonds is 6. The van der Waals surface area contributed by atoms with Crippen LogP contribution in [0.4, 0.5) is 5.95 Å². The minimum atomic E-state index is -0.257. The summed E-state index contributed by atoms with van der Waals surface area (Å²) in [5, 5.41) is 6.08. The van der Waals surface area contributed by atoms with E-state index >= 15 is 0 Å². The molecule has 6 nitrogen and oxygen atoms in total. The van der Waals surface area contributed by atoms with E-state index in [2.05, 4.69) is 20.6 Å². The molecule has 7 heteroatoms. The molecule has 1 aliphatic heterocycles. The van der Waals surface area contributed by atoms with Gasteiger partial charge in [0.2, 0.25) is 11.9 Å². The number of hydrogen-bond donors (Lipinski definition) is 2. The summed E-state index contributed by atoms with van der Waals surface area (Å²) in [4.78, 5) is 21.2. The van der Waals surface area contributed by atoms with Crippen LogP contribution < -0.4 is 15.4 Å². The molecule has 0 bridgehead atoms. The van der Waals surface area contributed by atoms with E-state index in [0.717, 1.165) is 29.2 Å². The van der Waals surface area contributed by atoms with E-state index in [-0.39, 0.29) is 17.2 Å². The van der Waals surface area contributed by atoms with Crippen molar-refractivity contribution in [2.24, 2.45) is 0 Å². The maximum atomic E-state index is 12.9. The van der Waals surface area contributed by atoms with Gasteiger partial charge in [-0.15, -0.1) is 11.8 Å². The zero-order valence-electron chi connectivity index (χ0n) is 15.8. The van der Waals surface area contributed by atoms with E-state index in [4.69, 9.17) is 4.74 Å². The number of nitrogens with zero attached hydrogens (tertiary/aromatic N) is 2. The number of para-hydroxylation sites is 1. The molecule has 0 unspecified atom stereocenters. The Morgan fingerprint density at radius 1 is 1.03 bits per heavy atom. The first-order valence-electron chi connectivity index (χ1n) is 9.54. The summed E-state index contributed by atoms with van der Waals surface area (Å²) in [5.41, 5.74) is 0.945. The smallest absolute Gasteiger partial charge is 0.237 e. The van der Waals surface area contributed by atoms with Gasteiger partial charge in [-0.2, -0.15) is 0 Å². The van der Waals surface area contributed by atoms with Crippen molar-refractivity contribution >= 4 is 23.6 Å². The lowest BCUT2D eigenvalue weighted by atomic mass is 10.1. The number of hydrogen-bond acceptors (Lipinski definition) is 6. The molecule has 1 aromatic heterocycles. The maximum Gasteiger partial charge on any atom is 0.237 e. The Balaban J connectivity index is 1.40. The summed E-state index contributed by atoms with van der Waals surface area (Å²) < 4.78 is 5.92. The number of carbonyl (C=O) groups excluding carboxylic acids is 1. The van der Waals surface area contributed by atoms with Gasteiger partial charge in [0.05, 0.1) is 0 Å². The Morgan fingerprint density at radius 2 is 1.83 bits per heavy atom. The van der Waals surface area contributed by atoms with Gasteiger partial charge in [0, 0.05) is 25.0 Å². The summed E-state index contributed by atoms with van der Waals surface area (Å²) in [6.07, 6.45) is 4.27. The summed E-state index contributed by atoms with van der Waals surface area (Å²) in [6.45, 7) is 0.597. The lowest BCUT2D eigenvalue weighted by Gasteiger charge is -2.18. The van der Waals surface area contributed by atoms with Crippen molar-refractivity contribution < 1.29 is 9.53 Å². The molecule has 0 aliphatic carbocycles. The van der Waals surface area contributed by atoms with Crippen LogP contribution in [0, 0.1) is 0 Å². The Kier molecular flexibility index (Phi) is 6.26.